The van der Waals surface area contributed by atoms with Crippen LogP contribution in [-0.4, -0.2) is 43.9 Å². The predicted octanol–water partition coefficient (Wildman–Crippen LogP) is 3.15. The van der Waals surface area contributed by atoms with Crippen molar-refractivity contribution < 1.29 is 22.4 Å². The van der Waals surface area contributed by atoms with Gasteiger partial charge in [0.15, 0.2) is 15.3 Å². The highest BCUT2D eigenvalue weighted by molar-refractivity contribution is 7.91. The molecule has 0 saturated carbocycles. The molecule has 5 rings (SSSR count). The molecule has 0 bridgehead atoms. The second-order valence-corrected chi connectivity index (χ2v) is 10.8. The number of hydrogen-bond acceptors (Lipinski definition) is 6. The van der Waals surface area contributed by atoms with E-state index >= 15 is 0 Å². The highest BCUT2D eigenvalue weighted by atomic mass is 32.2. The van der Waals surface area contributed by atoms with Crippen LogP contribution in [0.2, 0.25) is 0 Å². The molecule has 1 aromatic heterocycles. The van der Waals surface area contributed by atoms with Crippen molar-refractivity contribution in [1.82, 2.24) is 4.90 Å². The first kappa shape index (κ1) is 20.8. The first-order valence-electron chi connectivity index (χ1n) is 10.4. The second-order valence-electron chi connectivity index (χ2n) is 8.55. The lowest BCUT2D eigenvalue weighted by Gasteiger charge is -2.30. The van der Waals surface area contributed by atoms with Crippen molar-refractivity contribution in [3.63, 3.8) is 0 Å². The summed E-state index contributed by atoms with van der Waals surface area (Å²) in [5, 5.41) is 0.416. The highest BCUT2D eigenvalue weighted by Crippen LogP contribution is 2.41. The van der Waals surface area contributed by atoms with Crippen molar-refractivity contribution in [2.45, 2.75) is 32.4 Å². The molecule has 2 aliphatic heterocycles. The smallest absolute Gasteiger partial charge is 0.291 e. The van der Waals surface area contributed by atoms with Crippen molar-refractivity contribution in [3.8, 4) is 5.75 Å². The number of nitrogens with zero attached hydrogens (tertiary/aromatic N) is 1. The number of sulfone groups is 1. The summed E-state index contributed by atoms with van der Waals surface area (Å²) in [6.07, 6.45) is 0.334. The lowest BCUT2D eigenvalue weighted by atomic mass is 9.96. The molecule has 2 atom stereocenters. The number of hydrogen-bond donors (Lipinski definition) is 0. The van der Waals surface area contributed by atoms with Gasteiger partial charge in [-0.25, -0.2) is 8.42 Å². The van der Waals surface area contributed by atoms with Gasteiger partial charge in [-0.2, -0.15) is 0 Å². The van der Waals surface area contributed by atoms with Crippen molar-refractivity contribution in [2.75, 3.05) is 18.6 Å². The van der Waals surface area contributed by atoms with E-state index in [4.69, 9.17) is 9.15 Å². The van der Waals surface area contributed by atoms with E-state index in [0.717, 1.165) is 11.1 Å². The zero-order valence-electron chi connectivity index (χ0n) is 18.0. The maximum Gasteiger partial charge on any atom is 0.291 e. The number of fused-ring (bicyclic) bond motifs is 2. The molecule has 2 unspecified atom stereocenters. The molecular formula is C24H23NO6S. The van der Waals surface area contributed by atoms with Crippen LogP contribution in [0.5, 0.6) is 5.75 Å². The summed E-state index contributed by atoms with van der Waals surface area (Å²) in [5.74, 6) is 0.0983. The SMILES string of the molecule is COc1ccc(C2c3c(oc4cc(C)c(C)cc4c3=O)C(=O)N2C2CCS(=O)(=O)C2)cc1. The summed E-state index contributed by atoms with van der Waals surface area (Å²) in [4.78, 5) is 28.7. The topological polar surface area (TPSA) is 93.9 Å². The Balaban J connectivity index is 1.76. The maximum atomic E-state index is 13.6. The van der Waals surface area contributed by atoms with Crippen molar-refractivity contribution in [1.29, 1.82) is 0 Å². The van der Waals surface area contributed by atoms with Gasteiger partial charge in [0.25, 0.3) is 5.91 Å². The van der Waals surface area contributed by atoms with Crippen LogP contribution < -0.4 is 10.2 Å². The zero-order chi connectivity index (χ0) is 22.8. The lowest BCUT2D eigenvalue weighted by molar-refractivity contribution is 0.0662. The Morgan fingerprint density at radius 1 is 1.06 bits per heavy atom. The average molecular weight is 454 g/mol. The van der Waals surface area contributed by atoms with Gasteiger partial charge in [0.2, 0.25) is 5.76 Å². The summed E-state index contributed by atoms with van der Waals surface area (Å²) in [6, 6.07) is 9.44. The lowest BCUT2D eigenvalue weighted by Crippen LogP contribution is -2.40. The molecule has 0 N–H and O–H groups in total. The first-order chi connectivity index (χ1) is 15.2. The Hall–Kier alpha value is -3.13. The van der Waals surface area contributed by atoms with Gasteiger partial charge in [-0.3, -0.25) is 9.59 Å². The third-order valence-corrected chi connectivity index (χ3v) is 8.31. The van der Waals surface area contributed by atoms with Crippen LogP contribution in [0.25, 0.3) is 11.0 Å². The number of ether oxygens (including phenoxy) is 1. The van der Waals surface area contributed by atoms with Gasteiger partial charge in [0, 0.05) is 6.04 Å². The number of rotatable bonds is 3. The number of benzene rings is 2. The molecule has 7 nitrogen and oxygen atoms in total. The van der Waals surface area contributed by atoms with E-state index in [9.17, 15) is 18.0 Å². The van der Waals surface area contributed by atoms with Gasteiger partial charge in [-0.1, -0.05) is 12.1 Å². The predicted molar refractivity (Wildman–Crippen MR) is 120 cm³/mol. The average Bonchev–Trinajstić information content (AvgIpc) is 3.26. The van der Waals surface area contributed by atoms with E-state index in [1.807, 2.05) is 13.8 Å². The fraction of sp³-hybridized carbons (Fsp3) is 0.333. The third kappa shape index (κ3) is 3.12. The van der Waals surface area contributed by atoms with E-state index in [1.165, 1.54) is 4.90 Å². The molecule has 2 aliphatic rings. The number of carbonyl (C=O) groups excluding carboxylic acids is 1. The van der Waals surface area contributed by atoms with E-state index in [1.54, 1.807) is 43.5 Å². The molecule has 0 aliphatic carbocycles. The summed E-state index contributed by atoms with van der Waals surface area (Å²) in [5.41, 5.74) is 2.98. The summed E-state index contributed by atoms with van der Waals surface area (Å²) >= 11 is 0. The molecular weight excluding hydrogens is 430 g/mol. The molecule has 166 valence electrons. The Kier molecular flexibility index (Phi) is 4.67. The van der Waals surface area contributed by atoms with Gasteiger partial charge in [-0.15, -0.1) is 0 Å². The Labute approximate surface area is 185 Å². The van der Waals surface area contributed by atoms with Crippen LogP contribution >= 0.6 is 0 Å². The van der Waals surface area contributed by atoms with Gasteiger partial charge in [0.05, 0.1) is 35.6 Å². The largest absolute Gasteiger partial charge is 0.497 e. The summed E-state index contributed by atoms with van der Waals surface area (Å²) in [6.45, 7) is 3.84. The molecule has 1 fully saturated rings. The molecule has 0 spiro atoms. The summed E-state index contributed by atoms with van der Waals surface area (Å²) in [7, 11) is -1.68. The van der Waals surface area contributed by atoms with Crippen molar-refractivity contribution >= 4 is 26.7 Å². The standard InChI is InChI=1S/C24H23NO6S/c1-13-10-18-19(11-14(13)2)31-23-20(22(18)26)21(15-4-6-17(30-3)7-5-15)25(24(23)27)16-8-9-32(28,29)12-16/h4-7,10-11,16,21H,8-9,12H2,1-3H3. The van der Waals surface area contributed by atoms with E-state index in [2.05, 4.69) is 0 Å². The van der Waals surface area contributed by atoms with E-state index in [0.29, 0.717) is 28.7 Å². The fourth-order valence-corrected chi connectivity index (χ4v) is 6.44. The van der Waals surface area contributed by atoms with Crippen LogP contribution in [0.3, 0.4) is 0 Å². The van der Waals surface area contributed by atoms with E-state index < -0.39 is 27.8 Å². The van der Waals surface area contributed by atoms with Gasteiger partial charge in [0.1, 0.15) is 11.3 Å². The maximum absolute atomic E-state index is 13.6. The Bertz CT molecular complexity index is 1420. The van der Waals surface area contributed by atoms with Crippen molar-refractivity contribution in [3.05, 3.63) is 74.6 Å². The van der Waals surface area contributed by atoms with Crippen LogP contribution in [0, 0.1) is 13.8 Å². The van der Waals surface area contributed by atoms with Crippen LogP contribution in [0.1, 0.15) is 45.3 Å². The number of amides is 1. The van der Waals surface area contributed by atoms with Crippen LogP contribution in [-0.2, 0) is 9.84 Å². The van der Waals surface area contributed by atoms with Crippen LogP contribution in [0.4, 0.5) is 0 Å². The molecule has 3 aromatic rings. The minimum absolute atomic E-state index is 0.00382. The first-order valence-corrected chi connectivity index (χ1v) is 12.3. The monoisotopic (exact) mass is 453 g/mol. The second kappa shape index (κ2) is 7.20. The fourth-order valence-electron chi connectivity index (χ4n) is 4.73. The van der Waals surface area contributed by atoms with Gasteiger partial charge in [-0.05, 0) is 61.2 Å². The molecule has 1 saturated heterocycles. The van der Waals surface area contributed by atoms with Crippen LogP contribution in [0.15, 0.2) is 45.6 Å². The Morgan fingerprint density at radius 3 is 2.38 bits per heavy atom. The van der Waals surface area contributed by atoms with Gasteiger partial charge >= 0.3 is 0 Å². The quantitative estimate of drug-likeness (QED) is 0.605. The zero-order valence-corrected chi connectivity index (χ0v) is 18.9. The molecule has 0 radical (unpaired) electrons. The number of carbonyl (C=O) groups is 1. The van der Waals surface area contributed by atoms with E-state index in [-0.39, 0.29) is 28.3 Å². The molecule has 8 heteroatoms. The molecule has 1 amide bonds. The third-order valence-electron chi connectivity index (χ3n) is 6.56. The van der Waals surface area contributed by atoms with Crippen molar-refractivity contribution in [2.24, 2.45) is 0 Å². The molecule has 2 aromatic carbocycles. The van der Waals surface area contributed by atoms with Gasteiger partial charge < -0.3 is 14.1 Å². The molecule has 3 heterocycles. The summed E-state index contributed by atoms with van der Waals surface area (Å²) < 4.78 is 35.6. The normalized spacial score (nSPS) is 21.8. The minimum atomic E-state index is -3.24. The Morgan fingerprint density at radius 2 is 1.75 bits per heavy atom. The highest BCUT2D eigenvalue weighted by Gasteiger charge is 2.48. The minimum Gasteiger partial charge on any atom is -0.497 e. The number of aryl methyl sites for hydroxylation is 2. The number of methoxy groups -OCH3 is 1. The molecule has 32 heavy (non-hydrogen) atoms.